The minimum absolute atomic E-state index is 0.0840. The van der Waals surface area contributed by atoms with E-state index in [0.29, 0.717) is 22.7 Å². The number of thiazole rings is 1. The lowest BCUT2D eigenvalue weighted by atomic mass is 9.93. The SMILES string of the molecule is CCCS(=O)(=O)Nc1cccc(-c2nc(C3CCN(CC4CCNCC4)CC3)sc2-c2ccnc(N)n2)c1F. The zero-order chi connectivity index (χ0) is 27.4. The van der Waals surface area contributed by atoms with Crippen molar-refractivity contribution >= 4 is 33.0 Å². The molecule has 0 amide bonds. The summed E-state index contributed by atoms with van der Waals surface area (Å²) in [4.78, 5) is 16.6. The number of sulfonamides is 1. The summed E-state index contributed by atoms with van der Waals surface area (Å²) in [5, 5.41) is 4.38. The third-order valence-corrected chi connectivity index (χ3v) is 10.2. The summed E-state index contributed by atoms with van der Waals surface area (Å²) in [7, 11) is -3.66. The summed E-state index contributed by atoms with van der Waals surface area (Å²) in [6.07, 6.45) is 6.46. The standard InChI is InChI=1S/C27H36FN7O2S2/c1-2-16-39(36,37)34-21-5-3-4-20(23(21)28)24-25(22-8-13-31-27(29)32-22)38-26(33-24)19-9-14-35(15-10-19)17-18-6-11-30-12-7-18/h3-5,8,13,18-19,30,34H,2,6-7,9-12,14-17H2,1H3,(H2,29,31,32). The van der Waals surface area contributed by atoms with Gasteiger partial charge in [-0.25, -0.2) is 27.8 Å². The van der Waals surface area contributed by atoms with Gasteiger partial charge < -0.3 is 16.0 Å². The predicted molar refractivity (Wildman–Crippen MR) is 155 cm³/mol. The highest BCUT2D eigenvalue weighted by molar-refractivity contribution is 7.92. The van der Waals surface area contributed by atoms with Crippen LogP contribution in [0.15, 0.2) is 30.5 Å². The second kappa shape index (κ2) is 12.2. The van der Waals surface area contributed by atoms with Crippen molar-refractivity contribution in [3.63, 3.8) is 0 Å². The number of nitrogen functional groups attached to an aromatic ring is 1. The van der Waals surface area contributed by atoms with Crippen LogP contribution in [0.2, 0.25) is 0 Å². The van der Waals surface area contributed by atoms with Crippen LogP contribution in [0, 0.1) is 11.7 Å². The first-order chi connectivity index (χ1) is 18.8. The molecule has 0 aliphatic carbocycles. The van der Waals surface area contributed by atoms with Crippen LogP contribution in [-0.2, 0) is 10.0 Å². The summed E-state index contributed by atoms with van der Waals surface area (Å²) in [6, 6.07) is 6.43. The fourth-order valence-corrected chi connectivity index (χ4v) is 7.79. The minimum Gasteiger partial charge on any atom is -0.368 e. The Morgan fingerprint density at radius 2 is 1.92 bits per heavy atom. The number of hydrogen-bond donors (Lipinski definition) is 3. The van der Waals surface area contributed by atoms with Crippen molar-refractivity contribution in [3.05, 3.63) is 41.3 Å². The molecule has 2 saturated heterocycles. The molecule has 2 aliphatic heterocycles. The lowest BCUT2D eigenvalue weighted by molar-refractivity contribution is 0.167. The minimum atomic E-state index is -3.66. The van der Waals surface area contributed by atoms with Crippen LogP contribution < -0.4 is 15.8 Å². The quantitative estimate of drug-likeness (QED) is 0.346. The van der Waals surface area contributed by atoms with E-state index in [9.17, 15) is 8.42 Å². The lowest BCUT2D eigenvalue weighted by Gasteiger charge is -2.34. The fourth-order valence-electron chi connectivity index (χ4n) is 5.44. The molecule has 2 fully saturated rings. The van der Waals surface area contributed by atoms with E-state index in [-0.39, 0.29) is 28.9 Å². The number of nitrogens with one attached hydrogen (secondary N) is 2. The molecule has 39 heavy (non-hydrogen) atoms. The van der Waals surface area contributed by atoms with Gasteiger partial charge in [-0.1, -0.05) is 13.0 Å². The molecule has 1 aromatic carbocycles. The van der Waals surface area contributed by atoms with Gasteiger partial charge in [0.15, 0.2) is 5.82 Å². The maximum Gasteiger partial charge on any atom is 0.232 e. The van der Waals surface area contributed by atoms with E-state index in [0.717, 1.165) is 56.5 Å². The first kappa shape index (κ1) is 27.9. The first-order valence-corrected chi connectivity index (χ1v) is 16.1. The predicted octanol–water partition coefficient (Wildman–Crippen LogP) is 4.32. The molecule has 0 spiro atoms. The van der Waals surface area contributed by atoms with Gasteiger partial charge in [0, 0.05) is 24.2 Å². The van der Waals surface area contributed by atoms with Gasteiger partial charge in [-0.05, 0) is 82.4 Å². The summed E-state index contributed by atoms with van der Waals surface area (Å²) in [6.45, 7) is 7.16. The van der Waals surface area contributed by atoms with E-state index in [2.05, 4.69) is 24.9 Å². The molecule has 0 atom stereocenters. The van der Waals surface area contributed by atoms with E-state index in [4.69, 9.17) is 10.7 Å². The molecule has 5 rings (SSSR count). The summed E-state index contributed by atoms with van der Waals surface area (Å²) < 4.78 is 42.9. The maximum atomic E-state index is 15.8. The molecular formula is C27H36FN7O2S2. The largest absolute Gasteiger partial charge is 0.368 e. The molecular weight excluding hydrogens is 537 g/mol. The summed E-state index contributed by atoms with van der Waals surface area (Å²) in [5.41, 5.74) is 7.03. The Morgan fingerprint density at radius 1 is 1.15 bits per heavy atom. The average Bonchev–Trinajstić information content (AvgIpc) is 3.36. The highest BCUT2D eigenvalue weighted by Gasteiger charge is 2.28. The molecule has 0 radical (unpaired) electrons. The zero-order valence-electron chi connectivity index (χ0n) is 22.2. The van der Waals surface area contributed by atoms with Gasteiger partial charge in [0.25, 0.3) is 0 Å². The second-order valence-corrected chi connectivity index (χ2v) is 13.3. The van der Waals surface area contributed by atoms with E-state index in [1.54, 1.807) is 31.3 Å². The number of likely N-dealkylation sites (tertiary alicyclic amines) is 1. The topological polar surface area (TPSA) is 126 Å². The summed E-state index contributed by atoms with van der Waals surface area (Å²) in [5.74, 6) is 0.406. The average molecular weight is 574 g/mol. The van der Waals surface area contributed by atoms with Crippen LogP contribution in [-0.4, -0.2) is 66.7 Å². The number of anilines is 2. The van der Waals surface area contributed by atoms with Crippen molar-refractivity contribution in [2.75, 3.05) is 48.9 Å². The monoisotopic (exact) mass is 573 g/mol. The molecule has 2 aliphatic rings. The number of rotatable bonds is 9. The Morgan fingerprint density at radius 3 is 2.64 bits per heavy atom. The number of benzene rings is 1. The number of halogens is 1. The van der Waals surface area contributed by atoms with Gasteiger partial charge in [-0.2, -0.15) is 0 Å². The van der Waals surface area contributed by atoms with E-state index < -0.39 is 15.8 Å². The Bertz CT molecular complexity index is 1380. The number of hydrogen-bond acceptors (Lipinski definition) is 9. The van der Waals surface area contributed by atoms with E-state index >= 15 is 4.39 Å². The van der Waals surface area contributed by atoms with Crippen LogP contribution in [0.1, 0.15) is 50.0 Å². The van der Waals surface area contributed by atoms with Gasteiger partial charge in [-0.15, -0.1) is 11.3 Å². The summed E-state index contributed by atoms with van der Waals surface area (Å²) >= 11 is 1.51. The molecule has 210 valence electrons. The number of nitrogens with zero attached hydrogens (tertiary/aromatic N) is 4. The molecule has 4 heterocycles. The van der Waals surface area contributed by atoms with E-state index in [1.807, 2.05) is 0 Å². The van der Waals surface area contributed by atoms with Gasteiger partial charge in [-0.3, -0.25) is 4.72 Å². The Labute approximate surface area is 233 Å². The van der Waals surface area contributed by atoms with Crippen molar-refractivity contribution in [1.82, 2.24) is 25.2 Å². The van der Waals surface area contributed by atoms with Crippen LogP contribution in [0.25, 0.3) is 21.8 Å². The Hall–Kier alpha value is -2.67. The molecule has 3 aromatic rings. The van der Waals surface area contributed by atoms with Crippen molar-refractivity contribution < 1.29 is 12.8 Å². The maximum absolute atomic E-state index is 15.8. The lowest BCUT2D eigenvalue weighted by Crippen LogP contribution is -2.39. The van der Waals surface area contributed by atoms with Crippen molar-refractivity contribution in [2.45, 2.75) is 44.9 Å². The molecule has 9 nitrogen and oxygen atoms in total. The number of piperidine rings is 2. The first-order valence-electron chi connectivity index (χ1n) is 13.6. The highest BCUT2D eigenvalue weighted by Crippen LogP contribution is 2.42. The highest BCUT2D eigenvalue weighted by atomic mass is 32.2. The van der Waals surface area contributed by atoms with Crippen LogP contribution in [0.3, 0.4) is 0 Å². The fraction of sp³-hybridized carbons (Fsp3) is 0.519. The van der Waals surface area contributed by atoms with Gasteiger partial charge in [0.05, 0.1) is 32.7 Å². The molecule has 4 N–H and O–H groups in total. The molecule has 2 aromatic heterocycles. The van der Waals surface area contributed by atoms with Crippen LogP contribution in [0.4, 0.5) is 16.0 Å². The van der Waals surface area contributed by atoms with Gasteiger partial charge in [0.1, 0.15) is 0 Å². The van der Waals surface area contributed by atoms with E-state index in [1.165, 1.54) is 30.2 Å². The molecule has 12 heteroatoms. The Kier molecular flexibility index (Phi) is 8.75. The van der Waals surface area contributed by atoms with Crippen molar-refractivity contribution in [3.8, 4) is 21.8 Å². The third-order valence-electron chi connectivity index (χ3n) is 7.45. The van der Waals surface area contributed by atoms with Crippen LogP contribution >= 0.6 is 11.3 Å². The molecule has 0 unspecified atom stereocenters. The van der Waals surface area contributed by atoms with Crippen LogP contribution in [0.5, 0.6) is 0 Å². The van der Waals surface area contributed by atoms with Gasteiger partial charge >= 0.3 is 0 Å². The smallest absolute Gasteiger partial charge is 0.232 e. The van der Waals surface area contributed by atoms with Gasteiger partial charge in [0.2, 0.25) is 16.0 Å². The second-order valence-electron chi connectivity index (χ2n) is 10.4. The number of nitrogens with two attached hydrogens (primary N) is 1. The molecule has 0 saturated carbocycles. The normalized spacial score (nSPS) is 17.9. The third kappa shape index (κ3) is 6.74. The van der Waals surface area contributed by atoms with Crippen molar-refractivity contribution in [2.24, 2.45) is 5.92 Å². The molecule has 0 bridgehead atoms. The van der Waals surface area contributed by atoms with Crippen molar-refractivity contribution in [1.29, 1.82) is 0 Å². The number of aromatic nitrogens is 3. The zero-order valence-corrected chi connectivity index (χ0v) is 23.8. The Balaban J connectivity index is 1.43.